The number of carbonyl (C=O) groups is 1. The molecule has 2 aromatic carbocycles. The van der Waals surface area contributed by atoms with Crippen LogP contribution >= 0.6 is 11.3 Å². The summed E-state index contributed by atoms with van der Waals surface area (Å²) in [5, 5.41) is 26.8. The number of sulfonamides is 1. The van der Waals surface area contributed by atoms with Gasteiger partial charge in [0.25, 0.3) is 0 Å². The molecule has 170 valence electrons. The zero-order valence-electron chi connectivity index (χ0n) is 17.2. The Kier molecular flexibility index (Phi) is 6.54. The molecule has 4 aromatic rings. The van der Waals surface area contributed by atoms with Crippen LogP contribution in [-0.2, 0) is 27.8 Å². The Hall–Kier alpha value is -3.54. The molecule has 0 saturated carbocycles. The van der Waals surface area contributed by atoms with Crippen LogP contribution in [0.3, 0.4) is 0 Å². The smallest absolute Gasteiger partial charge is 0.328 e. The molecule has 2 heterocycles. The molecule has 0 spiro atoms. The standard InChI is InChI=1S/C22H20N4O5S2/c27-18-8-6-15(7-9-18)12-19(22(28)29)26-17(13-23-25-26)14-24-33(30,31)21-11-10-20(32-21)16-4-2-1-3-5-16/h1-11,13,19,24,27H,12,14H2,(H,28,29)/t19-/m0/s1. The van der Waals surface area contributed by atoms with Crippen molar-refractivity contribution in [2.24, 2.45) is 0 Å². The lowest BCUT2D eigenvalue weighted by molar-refractivity contribution is -0.141. The molecule has 1 atom stereocenters. The SMILES string of the molecule is O=C(O)[C@H](Cc1ccc(O)cc1)n1nncc1CNS(=O)(=O)c1ccc(-c2ccccc2)s1. The van der Waals surface area contributed by atoms with E-state index in [9.17, 15) is 23.4 Å². The fourth-order valence-corrected chi connectivity index (χ4v) is 5.60. The molecular formula is C22H20N4O5S2. The maximum atomic E-state index is 12.8. The van der Waals surface area contributed by atoms with Gasteiger partial charge in [0.2, 0.25) is 10.0 Å². The third-order valence-corrected chi connectivity index (χ3v) is 7.97. The highest BCUT2D eigenvalue weighted by Gasteiger charge is 2.25. The van der Waals surface area contributed by atoms with E-state index < -0.39 is 22.0 Å². The van der Waals surface area contributed by atoms with Gasteiger partial charge in [-0.2, -0.15) is 0 Å². The van der Waals surface area contributed by atoms with Gasteiger partial charge in [-0.15, -0.1) is 16.4 Å². The predicted octanol–water partition coefficient (Wildman–Crippen LogP) is 3.06. The topological polar surface area (TPSA) is 134 Å². The van der Waals surface area contributed by atoms with E-state index in [1.807, 2.05) is 30.3 Å². The maximum absolute atomic E-state index is 12.8. The number of aromatic hydroxyl groups is 1. The van der Waals surface area contributed by atoms with Crippen LogP contribution in [0.2, 0.25) is 0 Å². The number of phenolic OH excluding ortho intramolecular Hbond substituents is 1. The van der Waals surface area contributed by atoms with Crippen LogP contribution in [0.1, 0.15) is 17.3 Å². The molecule has 3 N–H and O–H groups in total. The summed E-state index contributed by atoms with van der Waals surface area (Å²) in [5.74, 6) is -1.06. The molecule has 0 fully saturated rings. The molecule has 0 amide bonds. The van der Waals surface area contributed by atoms with Crippen molar-refractivity contribution >= 4 is 27.3 Å². The van der Waals surface area contributed by atoms with Crippen molar-refractivity contribution in [3.8, 4) is 16.2 Å². The molecule has 9 nitrogen and oxygen atoms in total. The second-order valence-electron chi connectivity index (χ2n) is 7.20. The van der Waals surface area contributed by atoms with Crippen molar-refractivity contribution in [3.05, 3.63) is 84.2 Å². The van der Waals surface area contributed by atoms with Crippen LogP contribution in [0.5, 0.6) is 5.75 Å². The van der Waals surface area contributed by atoms with E-state index in [1.54, 1.807) is 18.2 Å². The molecule has 0 radical (unpaired) electrons. The van der Waals surface area contributed by atoms with Crippen molar-refractivity contribution in [1.29, 1.82) is 0 Å². The molecule has 0 aliphatic heterocycles. The van der Waals surface area contributed by atoms with Crippen LogP contribution in [0, 0.1) is 0 Å². The number of phenols is 1. The number of carboxylic acids is 1. The Labute approximate surface area is 194 Å². The largest absolute Gasteiger partial charge is 0.508 e. The molecule has 4 rings (SSSR count). The van der Waals surface area contributed by atoms with E-state index in [0.717, 1.165) is 21.8 Å². The minimum absolute atomic E-state index is 0.0745. The number of carboxylic acid groups (broad SMARTS) is 1. The van der Waals surface area contributed by atoms with Crippen LogP contribution < -0.4 is 4.72 Å². The first-order chi connectivity index (χ1) is 15.8. The molecular weight excluding hydrogens is 464 g/mol. The highest BCUT2D eigenvalue weighted by molar-refractivity contribution is 7.91. The van der Waals surface area contributed by atoms with Gasteiger partial charge in [-0.1, -0.05) is 47.7 Å². The molecule has 0 saturated heterocycles. The minimum atomic E-state index is -3.83. The average molecular weight is 485 g/mol. The Morgan fingerprint density at radius 2 is 1.79 bits per heavy atom. The van der Waals surface area contributed by atoms with Gasteiger partial charge in [0.15, 0.2) is 6.04 Å². The van der Waals surface area contributed by atoms with Gasteiger partial charge in [-0.25, -0.2) is 22.6 Å². The summed E-state index contributed by atoms with van der Waals surface area (Å²) in [7, 11) is -3.83. The van der Waals surface area contributed by atoms with Gasteiger partial charge < -0.3 is 10.2 Å². The first-order valence-corrected chi connectivity index (χ1v) is 12.2. The van der Waals surface area contributed by atoms with Crippen molar-refractivity contribution in [2.75, 3.05) is 0 Å². The Bertz CT molecular complexity index is 1350. The summed E-state index contributed by atoms with van der Waals surface area (Å²) in [6.45, 7) is -0.173. The Morgan fingerprint density at radius 3 is 2.48 bits per heavy atom. The second-order valence-corrected chi connectivity index (χ2v) is 10.3. The van der Waals surface area contributed by atoms with Gasteiger partial charge >= 0.3 is 5.97 Å². The summed E-state index contributed by atoms with van der Waals surface area (Å²) in [6.07, 6.45) is 1.42. The van der Waals surface area contributed by atoms with Gasteiger partial charge in [-0.3, -0.25) is 0 Å². The molecule has 0 unspecified atom stereocenters. The van der Waals surface area contributed by atoms with E-state index in [2.05, 4.69) is 15.0 Å². The van der Waals surface area contributed by atoms with Crippen LogP contribution in [0.4, 0.5) is 0 Å². The number of nitrogens with zero attached hydrogens (tertiary/aromatic N) is 3. The van der Waals surface area contributed by atoms with Gasteiger partial charge in [0.05, 0.1) is 18.4 Å². The number of aromatic nitrogens is 3. The van der Waals surface area contributed by atoms with E-state index in [-0.39, 0.29) is 22.9 Å². The van der Waals surface area contributed by atoms with Gasteiger partial charge in [0, 0.05) is 11.3 Å². The fraction of sp³-hybridized carbons (Fsp3) is 0.136. The lowest BCUT2D eigenvalue weighted by atomic mass is 10.1. The van der Waals surface area contributed by atoms with Crippen molar-refractivity contribution in [1.82, 2.24) is 19.7 Å². The molecule has 33 heavy (non-hydrogen) atoms. The molecule has 2 aromatic heterocycles. The summed E-state index contributed by atoms with van der Waals surface area (Å²) in [5.41, 5.74) is 1.91. The maximum Gasteiger partial charge on any atom is 0.328 e. The molecule has 0 aliphatic carbocycles. The third kappa shape index (κ3) is 5.28. The zero-order valence-corrected chi connectivity index (χ0v) is 18.8. The Balaban J connectivity index is 1.50. The van der Waals surface area contributed by atoms with E-state index in [0.29, 0.717) is 11.3 Å². The highest BCUT2D eigenvalue weighted by atomic mass is 32.2. The van der Waals surface area contributed by atoms with Crippen LogP contribution in [0.25, 0.3) is 10.4 Å². The normalized spacial score (nSPS) is 12.5. The van der Waals surface area contributed by atoms with Gasteiger partial charge in [0.1, 0.15) is 9.96 Å². The number of nitrogens with one attached hydrogen (secondary N) is 1. The molecule has 0 aliphatic rings. The second kappa shape index (κ2) is 9.53. The van der Waals surface area contributed by atoms with Crippen LogP contribution in [0.15, 0.2) is 77.1 Å². The monoisotopic (exact) mass is 484 g/mol. The number of rotatable bonds is 9. The lowest BCUT2D eigenvalue weighted by Crippen LogP contribution is -2.28. The van der Waals surface area contributed by atoms with Crippen LogP contribution in [-0.4, -0.2) is 39.6 Å². The first-order valence-electron chi connectivity index (χ1n) is 9.88. The quantitative estimate of drug-likeness (QED) is 0.332. The van der Waals surface area contributed by atoms with E-state index in [4.69, 9.17) is 0 Å². The number of thiophene rings is 1. The number of aliphatic carboxylic acids is 1. The van der Waals surface area contributed by atoms with Crippen molar-refractivity contribution in [2.45, 2.75) is 23.2 Å². The highest BCUT2D eigenvalue weighted by Crippen LogP contribution is 2.30. The summed E-state index contributed by atoms with van der Waals surface area (Å²) < 4.78 is 29.5. The van der Waals surface area contributed by atoms with Crippen molar-refractivity contribution in [3.63, 3.8) is 0 Å². The van der Waals surface area contributed by atoms with Crippen molar-refractivity contribution < 1.29 is 23.4 Å². The number of hydrogen-bond acceptors (Lipinski definition) is 7. The molecule has 0 bridgehead atoms. The fourth-order valence-electron chi connectivity index (χ4n) is 3.25. The average Bonchev–Trinajstić information content (AvgIpc) is 3.48. The van der Waals surface area contributed by atoms with E-state index in [1.165, 1.54) is 29.1 Å². The Morgan fingerprint density at radius 1 is 1.06 bits per heavy atom. The number of benzene rings is 2. The number of hydrogen-bond donors (Lipinski definition) is 3. The lowest BCUT2D eigenvalue weighted by Gasteiger charge is -2.15. The summed E-state index contributed by atoms with van der Waals surface area (Å²) in [4.78, 5) is 12.7. The first kappa shape index (κ1) is 22.6. The van der Waals surface area contributed by atoms with Gasteiger partial charge in [-0.05, 0) is 35.4 Å². The predicted molar refractivity (Wildman–Crippen MR) is 122 cm³/mol. The summed E-state index contributed by atoms with van der Waals surface area (Å²) >= 11 is 1.15. The van der Waals surface area contributed by atoms with E-state index >= 15 is 0 Å². The molecule has 11 heteroatoms. The third-order valence-electron chi connectivity index (χ3n) is 4.94. The zero-order chi connectivity index (χ0) is 23.4. The summed E-state index contributed by atoms with van der Waals surface area (Å²) in [6, 6.07) is 17.8. The minimum Gasteiger partial charge on any atom is -0.508 e.